The fourth-order valence-electron chi connectivity index (χ4n) is 8.89. The SMILES string of the molecule is CC1(C)c2ccccc2-c2ccc(-c3ccc(-c4nc(-c5ccc(-c6ccncc6)cc5)cc(-c5ccc6ccc7cccc8ccc5c6c78)n4)cc3)cc21. The van der Waals surface area contributed by atoms with Gasteiger partial charge >= 0.3 is 0 Å². The van der Waals surface area contributed by atoms with Crippen molar-refractivity contribution in [2.75, 3.05) is 0 Å². The molecule has 2 heterocycles. The lowest BCUT2D eigenvalue weighted by Crippen LogP contribution is -2.14. The van der Waals surface area contributed by atoms with Gasteiger partial charge in [0.2, 0.25) is 0 Å². The van der Waals surface area contributed by atoms with Crippen molar-refractivity contribution in [1.82, 2.24) is 15.0 Å². The Morgan fingerprint density at radius 2 is 0.945 bits per heavy atom. The highest BCUT2D eigenvalue weighted by Crippen LogP contribution is 2.49. The fourth-order valence-corrected chi connectivity index (χ4v) is 8.89. The summed E-state index contributed by atoms with van der Waals surface area (Å²) in [6, 6.07) is 59.3. The Balaban J connectivity index is 1.04. The van der Waals surface area contributed by atoms with E-state index in [1.54, 1.807) is 0 Å². The predicted octanol–water partition coefficient (Wildman–Crippen LogP) is 13.4. The molecule has 0 N–H and O–H groups in total. The summed E-state index contributed by atoms with van der Waals surface area (Å²) < 4.78 is 0. The second-order valence-electron chi connectivity index (χ2n) is 15.3. The molecule has 0 unspecified atom stereocenters. The van der Waals surface area contributed by atoms with Crippen molar-refractivity contribution in [2.24, 2.45) is 0 Å². The first-order valence-corrected chi connectivity index (χ1v) is 18.9. The zero-order chi connectivity index (χ0) is 36.7. The number of fused-ring (bicyclic) bond motifs is 3. The van der Waals surface area contributed by atoms with Crippen LogP contribution in [0.1, 0.15) is 25.0 Å². The van der Waals surface area contributed by atoms with Crippen LogP contribution in [0, 0.1) is 0 Å². The van der Waals surface area contributed by atoms with Crippen LogP contribution in [0.15, 0.2) is 176 Å². The second kappa shape index (κ2) is 12.0. The molecule has 10 aromatic rings. The quantitative estimate of drug-likeness (QED) is 0.168. The van der Waals surface area contributed by atoms with Crippen LogP contribution in [0.3, 0.4) is 0 Å². The summed E-state index contributed by atoms with van der Waals surface area (Å²) in [7, 11) is 0. The summed E-state index contributed by atoms with van der Waals surface area (Å²) in [6.07, 6.45) is 3.66. The third-order valence-electron chi connectivity index (χ3n) is 11.8. The molecule has 0 amide bonds. The van der Waals surface area contributed by atoms with Crippen LogP contribution in [-0.2, 0) is 5.41 Å². The van der Waals surface area contributed by atoms with Crippen molar-refractivity contribution in [2.45, 2.75) is 19.3 Å². The van der Waals surface area contributed by atoms with E-state index in [-0.39, 0.29) is 5.41 Å². The topological polar surface area (TPSA) is 38.7 Å². The highest BCUT2D eigenvalue weighted by molar-refractivity contribution is 6.25. The molecular formula is C52H35N3. The minimum Gasteiger partial charge on any atom is -0.265 e. The first kappa shape index (κ1) is 31.5. The van der Waals surface area contributed by atoms with Crippen molar-refractivity contribution in [1.29, 1.82) is 0 Å². The van der Waals surface area contributed by atoms with Crippen LogP contribution < -0.4 is 0 Å². The summed E-state index contributed by atoms with van der Waals surface area (Å²) in [6.45, 7) is 4.67. The smallest absolute Gasteiger partial charge is 0.160 e. The zero-order valence-corrected chi connectivity index (χ0v) is 30.6. The molecule has 0 spiro atoms. The van der Waals surface area contributed by atoms with Crippen LogP contribution in [0.5, 0.6) is 0 Å². The van der Waals surface area contributed by atoms with Gasteiger partial charge in [-0.2, -0.15) is 0 Å². The lowest BCUT2D eigenvalue weighted by atomic mass is 9.81. The van der Waals surface area contributed by atoms with E-state index in [9.17, 15) is 0 Å². The normalized spacial score (nSPS) is 13.1. The summed E-state index contributed by atoms with van der Waals surface area (Å²) >= 11 is 0. The highest BCUT2D eigenvalue weighted by Gasteiger charge is 2.35. The minimum atomic E-state index is -0.0474. The number of pyridine rings is 1. The molecular weight excluding hydrogens is 667 g/mol. The maximum absolute atomic E-state index is 5.32. The number of rotatable bonds is 5. The van der Waals surface area contributed by atoms with E-state index in [0.29, 0.717) is 5.82 Å². The molecule has 0 saturated carbocycles. The Kier molecular flexibility index (Phi) is 6.90. The number of nitrogens with zero attached hydrogens (tertiary/aromatic N) is 3. The van der Waals surface area contributed by atoms with Crippen molar-refractivity contribution in [3.05, 3.63) is 187 Å². The molecule has 0 fully saturated rings. The van der Waals surface area contributed by atoms with Crippen molar-refractivity contribution >= 4 is 32.3 Å². The third-order valence-corrected chi connectivity index (χ3v) is 11.8. The summed E-state index contributed by atoms with van der Waals surface area (Å²) in [4.78, 5) is 14.7. The molecule has 0 aliphatic heterocycles. The van der Waals surface area contributed by atoms with Crippen molar-refractivity contribution < 1.29 is 0 Å². The van der Waals surface area contributed by atoms with Crippen LogP contribution in [0.25, 0.3) is 99.6 Å². The van der Waals surface area contributed by atoms with Gasteiger partial charge in [-0.15, -0.1) is 0 Å². The van der Waals surface area contributed by atoms with Gasteiger partial charge in [0.05, 0.1) is 11.4 Å². The van der Waals surface area contributed by atoms with E-state index in [0.717, 1.165) is 39.2 Å². The van der Waals surface area contributed by atoms with Crippen LogP contribution in [0.4, 0.5) is 0 Å². The maximum atomic E-state index is 5.32. The molecule has 3 nitrogen and oxygen atoms in total. The first-order valence-electron chi connectivity index (χ1n) is 18.9. The maximum Gasteiger partial charge on any atom is 0.160 e. The van der Waals surface area contributed by atoms with Gasteiger partial charge in [-0.25, -0.2) is 9.97 Å². The second-order valence-corrected chi connectivity index (χ2v) is 15.3. The number of benzene rings is 8. The van der Waals surface area contributed by atoms with E-state index >= 15 is 0 Å². The average Bonchev–Trinajstić information content (AvgIpc) is 3.48. The summed E-state index contributed by atoms with van der Waals surface area (Å²) in [5, 5.41) is 7.52. The molecule has 55 heavy (non-hydrogen) atoms. The van der Waals surface area contributed by atoms with Gasteiger partial charge in [0, 0.05) is 34.5 Å². The van der Waals surface area contributed by atoms with Gasteiger partial charge in [0.1, 0.15) is 0 Å². The largest absolute Gasteiger partial charge is 0.265 e. The van der Waals surface area contributed by atoms with Gasteiger partial charge < -0.3 is 0 Å². The molecule has 1 aliphatic carbocycles. The van der Waals surface area contributed by atoms with Crippen LogP contribution in [0.2, 0.25) is 0 Å². The first-order chi connectivity index (χ1) is 27.0. The van der Waals surface area contributed by atoms with Gasteiger partial charge in [-0.1, -0.05) is 153 Å². The Labute approximate surface area is 320 Å². The Hall–Kier alpha value is -6.97. The molecule has 0 bridgehead atoms. The minimum absolute atomic E-state index is 0.0474. The van der Waals surface area contributed by atoms with Crippen molar-refractivity contribution in [3.8, 4) is 67.3 Å². The van der Waals surface area contributed by atoms with Gasteiger partial charge in [-0.3, -0.25) is 4.98 Å². The molecule has 2 aromatic heterocycles. The number of aromatic nitrogens is 3. The van der Waals surface area contributed by atoms with Gasteiger partial charge in [0.15, 0.2) is 5.82 Å². The summed E-state index contributed by atoms with van der Waals surface area (Å²) in [5.41, 5.74) is 15.0. The molecule has 258 valence electrons. The zero-order valence-electron chi connectivity index (χ0n) is 30.6. The number of hydrogen-bond donors (Lipinski definition) is 0. The Morgan fingerprint density at radius 1 is 0.382 bits per heavy atom. The van der Waals surface area contributed by atoms with E-state index in [1.807, 2.05) is 24.5 Å². The van der Waals surface area contributed by atoms with Crippen LogP contribution >= 0.6 is 0 Å². The monoisotopic (exact) mass is 701 g/mol. The fraction of sp³-hybridized carbons (Fsp3) is 0.0577. The lowest BCUT2D eigenvalue weighted by molar-refractivity contribution is 0.660. The van der Waals surface area contributed by atoms with Crippen LogP contribution in [-0.4, -0.2) is 15.0 Å². The summed E-state index contributed by atoms with van der Waals surface area (Å²) in [5.74, 6) is 0.702. The van der Waals surface area contributed by atoms with Crippen molar-refractivity contribution in [3.63, 3.8) is 0 Å². The standard InChI is InChI=1S/C52H35N3/c1-52(2)45-9-4-3-8-41(45)42-23-22-40(30-46(42)52)33-12-18-39(19-13-33)51-54-47(35-14-10-32(11-15-35)34-26-28-53-29-27-34)31-48(55-51)43-24-20-38-17-16-36-6-5-7-37-21-25-44(43)50(38)49(36)37/h3-31H,1-2H3. The van der Waals surface area contributed by atoms with Gasteiger partial charge in [0.25, 0.3) is 0 Å². The molecule has 3 heteroatoms. The molecule has 0 atom stereocenters. The van der Waals surface area contributed by atoms with E-state index in [1.165, 1.54) is 65.7 Å². The molecule has 11 rings (SSSR count). The van der Waals surface area contributed by atoms with E-state index in [2.05, 4.69) is 170 Å². The average molecular weight is 702 g/mol. The molecule has 0 saturated heterocycles. The van der Waals surface area contributed by atoms with Gasteiger partial charge in [-0.05, 0) is 101 Å². The van der Waals surface area contributed by atoms with E-state index < -0.39 is 0 Å². The predicted molar refractivity (Wildman–Crippen MR) is 228 cm³/mol. The molecule has 1 aliphatic rings. The number of hydrogen-bond acceptors (Lipinski definition) is 3. The van der Waals surface area contributed by atoms with E-state index in [4.69, 9.17) is 9.97 Å². The molecule has 8 aromatic carbocycles. The molecule has 0 radical (unpaired) electrons. The highest BCUT2D eigenvalue weighted by atomic mass is 14.9. The third kappa shape index (κ3) is 5.01. The Morgan fingerprint density at radius 3 is 1.73 bits per heavy atom. The lowest BCUT2D eigenvalue weighted by Gasteiger charge is -2.22. The Bertz CT molecular complexity index is 3070.